The minimum atomic E-state index is -4.03. The summed E-state index contributed by atoms with van der Waals surface area (Å²) in [5.74, 6) is -1.27. The first-order valence-electron chi connectivity index (χ1n) is 8.85. The zero-order valence-electron chi connectivity index (χ0n) is 15.7. The van der Waals surface area contributed by atoms with Crippen molar-refractivity contribution < 1.29 is 27.5 Å². The molecular weight excluding hydrogens is 406 g/mol. The summed E-state index contributed by atoms with van der Waals surface area (Å²) in [6.07, 6.45) is 0. The number of ketones is 2. The SMILES string of the molecule is COC(=O)c1ccc(NS(=O)(=O)c2ccc3c(c2)C(=O)c2ccccc2C3=O)cc1. The van der Waals surface area contributed by atoms with E-state index in [9.17, 15) is 22.8 Å². The van der Waals surface area contributed by atoms with Crippen LogP contribution >= 0.6 is 0 Å². The molecule has 0 saturated carbocycles. The predicted molar refractivity (Wildman–Crippen MR) is 108 cm³/mol. The average molecular weight is 421 g/mol. The van der Waals surface area contributed by atoms with Crippen molar-refractivity contribution in [2.45, 2.75) is 4.90 Å². The molecule has 150 valence electrons. The lowest BCUT2D eigenvalue weighted by molar-refractivity contribution is 0.0600. The number of carbonyl (C=O) groups is 3. The van der Waals surface area contributed by atoms with E-state index in [4.69, 9.17) is 0 Å². The standard InChI is InChI=1S/C22H15NO6S/c1-29-22(26)13-6-8-14(9-7-13)23-30(27,28)15-10-11-18-19(12-15)21(25)17-5-3-2-4-16(17)20(18)24/h2-12,23H,1H3. The molecule has 0 aromatic heterocycles. The Kier molecular flexibility index (Phi) is 4.71. The summed E-state index contributed by atoms with van der Waals surface area (Å²) in [5, 5.41) is 0. The average Bonchev–Trinajstić information content (AvgIpc) is 2.77. The molecule has 4 rings (SSSR count). The maximum atomic E-state index is 12.8. The Morgan fingerprint density at radius 2 is 1.37 bits per heavy atom. The fourth-order valence-electron chi connectivity index (χ4n) is 3.25. The molecule has 0 radical (unpaired) electrons. The normalized spacial score (nSPS) is 12.7. The Labute approximate surface area is 172 Å². The van der Waals surface area contributed by atoms with Crippen LogP contribution < -0.4 is 4.72 Å². The van der Waals surface area contributed by atoms with Gasteiger partial charge in [0.25, 0.3) is 10.0 Å². The van der Waals surface area contributed by atoms with Crippen LogP contribution in [0.1, 0.15) is 42.2 Å². The van der Waals surface area contributed by atoms with Gasteiger partial charge in [0.15, 0.2) is 11.6 Å². The van der Waals surface area contributed by atoms with Crippen LogP contribution in [-0.2, 0) is 14.8 Å². The molecule has 0 aliphatic heterocycles. The summed E-state index contributed by atoms with van der Waals surface area (Å²) in [7, 11) is -2.78. The molecule has 1 aliphatic rings. The zero-order valence-corrected chi connectivity index (χ0v) is 16.5. The van der Waals surface area contributed by atoms with Crippen LogP contribution in [0.2, 0.25) is 0 Å². The maximum Gasteiger partial charge on any atom is 0.337 e. The van der Waals surface area contributed by atoms with E-state index in [0.717, 1.165) is 0 Å². The number of nitrogens with one attached hydrogen (secondary N) is 1. The first-order chi connectivity index (χ1) is 14.3. The molecule has 0 saturated heterocycles. The van der Waals surface area contributed by atoms with Crippen molar-refractivity contribution in [3.63, 3.8) is 0 Å². The highest BCUT2D eigenvalue weighted by Gasteiger charge is 2.30. The van der Waals surface area contributed by atoms with Crippen molar-refractivity contribution in [2.75, 3.05) is 11.8 Å². The van der Waals surface area contributed by atoms with Crippen molar-refractivity contribution in [3.8, 4) is 0 Å². The number of methoxy groups -OCH3 is 1. The highest BCUT2D eigenvalue weighted by molar-refractivity contribution is 7.92. The molecule has 0 unspecified atom stereocenters. The number of anilines is 1. The number of ether oxygens (including phenoxy) is 1. The molecule has 0 amide bonds. The minimum Gasteiger partial charge on any atom is -0.465 e. The smallest absolute Gasteiger partial charge is 0.337 e. The van der Waals surface area contributed by atoms with Crippen LogP contribution in [-0.4, -0.2) is 33.1 Å². The highest BCUT2D eigenvalue weighted by atomic mass is 32.2. The lowest BCUT2D eigenvalue weighted by Crippen LogP contribution is -2.22. The molecular formula is C22H15NO6S. The van der Waals surface area contributed by atoms with Gasteiger partial charge < -0.3 is 4.74 Å². The van der Waals surface area contributed by atoms with E-state index in [2.05, 4.69) is 9.46 Å². The number of fused-ring (bicyclic) bond motifs is 2. The third kappa shape index (κ3) is 3.27. The second kappa shape index (κ2) is 7.23. The van der Waals surface area contributed by atoms with Gasteiger partial charge in [-0.2, -0.15) is 0 Å². The Morgan fingerprint density at radius 3 is 1.97 bits per heavy atom. The minimum absolute atomic E-state index is 0.0441. The van der Waals surface area contributed by atoms with E-state index >= 15 is 0 Å². The highest BCUT2D eigenvalue weighted by Crippen LogP contribution is 2.29. The monoisotopic (exact) mass is 421 g/mol. The molecule has 7 nitrogen and oxygen atoms in total. The fraction of sp³-hybridized carbons (Fsp3) is 0.0455. The quantitative estimate of drug-likeness (QED) is 0.508. The second-order valence-corrected chi connectivity index (χ2v) is 8.27. The maximum absolute atomic E-state index is 12.8. The summed E-state index contributed by atoms with van der Waals surface area (Å²) in [4.78, 5) is 36.8. The Hall–Kier alpha value is -3.78. The summed E-state index contributed by atoms with van der Waals surface area (Å²) in [5.41, 5.74) is 1.26. The van der Waals surface area contributed by atoms with Crippen LogP contribution in [0.25, 0.3) is 0 Å². The van der Waals surface area contributed by atoms with Gasteiger partial charge in [0, 0.05) is 27.9 Å². The van der Waals surface area contributed by atoms with E-state index in [-0.39, 0.29) is 38.6 Å². The summed E-state index contributed by atoms with van der Waals surface area (Å²) < 4.78 is 32.6. The number of sulfonamides is 1. The van der Waals surface area contributed by atoms with Crippen LogP contribution in [0.15, 0.2) is 71.6 Å². The first-order valence-corrected chi connectivity index (χ1v) is 10.3. The number of carbonyl (C=O) groups excluding carboxylic acids is 3. The van der Waals surface area contributed by atoms with E-state index in [1.165, 1.54) is 49.6 Å². The lowest BCUT2D eigenvalue weighted by atomic mass is 9.84. The van der Waals surface area contributed by atoms with E-state index in [0.29, 0.717) is 5.56 Å². The van der Waals surface area contributed by atoms with Crippen LogP contribution in [0, 0.1) is 0 Å². The second-order valence-electron chi connectivity index (χ2n) is 6.59. The van der Waals surface area contributed by atoms with Gasteiger partial charge in [0.2, 0.25) is 0 Å². The molecule has 3 aromatic rings. The molecule has 1 aliphatic carbocycles. The zero-order chi connectivity index (χ0) is 21.5. The number of esters is 1. The third-order valence-electron chi connectivity index (χ3n) is 4.77. The fourth-order valence-corrected chi connectivity index (χ4v) is 4.34. The van der Waals surface area contributed by atoms with Crippen LogP contribution in [0.3, 0.4) is 0 Å². The Bertz CT molecular complexity index is 1310. The molecule has 0 heterocycles. The third-order valence-corrected chi connectivity index (χ3v) is 6.14. The summed E-state index contributed by atoms with van der Waals surface area (Å²) >= 11 is 0. The van der Waals surface area contributed by atoms with Gasteiger partial charge in [-0.15, -0.1) is 0 Å². The van der Waals surface area contributed by atoms with Gasteiger partial charge in [-0.3, -0.25) is 14.3 Å². The summed E-state index contributed by atoms with van der Waals surface area (Å²) in [6.45, 7) is 0. The number of hydrogen-bond donors (Lipinski definition) is 1. The number of benzene rings is 3. The van der Waals surface area contributed by atoms with Gasteiger partial charge in [-0.25, -0.2) is 13.2 Å². The molecule has 0 spiro atoms. The number of hydrogen-bond acceptors (Lipinski definition) is 6. The lowest BCUT2D eigenvalue weighted by Gasteiger charge is -2.18. The van der Waals surface area contributed by atoms with Crippen molar-refractivity contribution >= 4 is 33.2 Å². The van der Waals surface area contributed by atoms with Gasteiger partial charge >= 0.3 is 5.97 Å². The summed E-state index contributed by atoms with van der Waals surface area (Å²) in [6, 6.07) is 16.0. The van der Waals surface area contributed by atoms with Crippen molar-refractivity contribution in [3.05, 3.63) is 94.5 Å². The molecule has 0 fully saturated rings. The molecule has 1 N–H and O–H groups in total. The van der Waals surface area contributed by atoms with Crippen molar-refractivity contribution in [1.82, 2.24) is 0 Å². The predicted octanol–water partition coefficient (Wildman–Crippen LogP) is 3.05. The molecule has 30 heavy (non-hydrogen) atoms. The van der Waals surface area contributed by atoms with Crippen LogP contribution in [0.5, 0.6) is 0 Å². The van der Waals surface area contributed by atoms with Crippen molar-refractivity contribution in [1.29, 1.82) is 0 Å². The van der Waals surface area contributed by atoms with E-state index < -0.39 is 21.8 Å². The molecule has 3 aromatic carbocycles. The van der Waals surface area contributed by atoms with E-state index in [1.807, 2.05) is 0 Å². The number of rotatable bonds is 4. The van der Waals surface area contributed by atoms with Crippen molar-refractivity contribution in [2.24, 2.45) is 0 Å². The Balaban J connectivity index is 1.67. The van der Waals surface area contributed by atoms with Gasteiger partial charge in [0.05, 0.1) is 17.6 Å². The Morgan fingerprint density at radius 1 is 0.800 bits per heavy atom. The van der Waals surface area contributed by atoms with Gasteiger partial charge in [0.1, 0.15) is 0 Å². The van der Waals surface area contributed by atoms with Crippen LogP contribution in [0.4, 0.5) is 5.69 Å². The largest absolute Gasteiger partial charge is 0.465 e. The van der Waals surface area contributed by atoms with E-state index in [1.54, 1.807) is 24.3 Å². The van der Waals surface area contributed by atoms with Gasteiger partial charge in [-0.1, -0.05) is 24.3 Å². The molecule has 8 heteroatoms. The first kappa shape index (κ1) is 19.5. The molecule has 0 bridgehead atoms. The topological polar surface area (TPSA) is 107 Å². The molecule has 0 atom stereocenters. The van der Waals surface area contributed by atoms with Gasteiger partial charge in [-0.05, 0) is 42.5 Å².